The Balaban J connectivity index is 2.06. The number of aromatic nitrogens is 2. The van der Waals surface area contributed by atoms with Crippen LogP contribution >= 0.6 is 15.9 Å². The molecule has 0 fully saturated rings. The van der Waals surface area contributed by atoms with Gasteiger partial charge in [-0.1, -0.05) is 0 Å². The van der Waals surface area contributed by atoms with E-state index in [2.05, 4.69) is 31.2 Å². The fourth-order valence-corrected chi connectivity index (χ4v) is 1.50. The van der Waals surface area contributed by atoms with E-state index in [1.54, 1.807) is 6.07 Å². The number of pyridine rings is 2. The number of rotatable bonds is 3. The highest BCUT2D eigenvalue weighted by Crippen LogP contribution is 2.17. The van der Waals surface area contributed by atoms with Gasteiger partial charge in [-0.25, -0.2) is 14.4 Å². The van der Waals surface area contributed by atoms with Crippen LogP contribution in [0.2, 0.25) is 0 Å². The van der Waals surface area contributed by atoms with Crippen molar-refractivity contribution in [2.75, 3.05) is 5.32 Å². The standard InChI is InChI=1S/C11H8BrF2N3O/c12-7-1-2-9(17-10(7)14)15-4-6-3-8(13)11(18)16-5-6/h1-3,5H,4H2,(H,15,17)(H,16,18). The van der Waals surface area contributed by atoms with Gasteiger partial charge >= 0.3 is 0 Å². The number of halogens is 3. The first kappa shape index (κ1) is 12.7. The number of anilines is 1. The van der Waals surface area contributed by atoms with Crippen molar-refractivity contribution < 1.29 is 13.9 Å². The zero-order chi connectivity index (χ0) is 13.1. The lowest BCUT2D eigenvalue weighted by Gasteiger charge is -2.06. The fraction of sp³-hybridized carbons (Fsp3) is 0.0909. The van der Waals surface area contributed by atoms with E-state index in [0.29, 0.717) is 11.4 Å². The second-order valence-corrected chi connectivity index (χ2v) is 4.33. The monoisotopic (exact) mass is 315 g/mol. The van der Waals surface area contributed by atoms with Crippen molar-refractivity contribution >= 4 is 21.7 Å². The Bertz CT molecular complexity index is 529. The summed E-state index contributed by atoms with van der Waals surface area (Å²) in [6.07, 6.45) is 1.32. The fourth-order valence-electron chi connectivity index (χ4n) is 1.28. The maximum Gasteiger partial charge on any atom is 0.247 e. The maximum absolute atomic E-state index is 13.1. The predicted octanol–water partition coefficient (Wildman–Crippen LogP) is 2.84. The van der Waals surface area contributed by atoms with Crippen LogP contribution in [-0.4, -0.2) is 15.1 Å². The molecule has 94 valence electrons. The van der Waals surface area contributed by atoms with Gasteiger partial charge in [-0.3, -0.25) is 0 Å². The summed E-state index contributed by atoms with van der Waals surface area (Å²) in [5.41, 5.74) is 0.510. The van der Waals surface area contributed by atoms with Crippen molar-refractivity contribution in [2.24, 2.45) is 0 Å². The molecule has 2 aromatic rings. The Morgan fingerprint density at radius 3 is 2.78 bits per heavy atom. The third-order valence-electron chi connectivity index (χ3n) is 2.16. The van der Waals surface area contributed by atoms with Crippen LogP contribution in [0.25, 0.3) is 0 Å². The normalized spacial score (nSPS) is 10.4. The third kappa shape index (κ3) is 2.92. The van der Waals surface area contributed by atoms with Crippen LogP contribution in [0.5, 0.6) is 5.88 Å². The molecule has 0 saturated carbocycles. The molecule has 0 spiro atoms. The van der Waals surface area contributed by atoms with E-state index in [1.807, 2.05) is 0 Å². The van der Waals surface area contributed by atoms with Gasteiger partial charge < -0.3 is 10.4 Å². The Morgan fingerprint density at radius 1 is 1.33 bits per heavy atom. The highest BCUT2D eigenvalue weighted by Gasteiger charge is 2.05. The van der Waals surface area contributed by atoms with Crippen LogP contribution in [0.4, 0.5) is 14.6 Å². The van der Waals surface area contributed by atoms with Crippen LogP contribution < -0.4 is 5.32 Å². The van der Waals surface area contributed by atoms with E-state index in [9.17, 15) is 8.78 Å². The number of aromatic hydroxyl groups is 1. The average Bonchev–Trinajstić information content (AvgIpc) is 2.35. The second kappa shape index (κ2) is 5.26. The Labute approximate surface area is 110 Å². The van der Waals surface area contributed by atoms with E-state index in [4.69, 9.17) is 5.11 Å². The average molecular weight is 316 g/mol. The molecule has 0 unspecified atom stereocenters. The summed E-state index contributed by atoms with van der Waals surface area (Å²) >= 11 is 2.99. The Hall–Kier alpha value is -1.76. The van der Waals surface area contributed by atoms with Crippen LogP contribution in [0.3, 0.4) is 0 Å². The molecule has 0 aliphatic heterocycles. The van der Waals surface area contributed by atoms with Crippen molar-refractivity contribution in [2.45, 2.75) is 6.54 Å². The number of nitrogens with zero attached hydrogens (tertiary/aromatic N) is 2. The SMILES string of the molecule is Oc1ncc(CNc2ccc(Br)c(F)n2)cc1F. The molecule has 4 nitrogen and oxygen atoms in total. The smallest absolute Gasteiger partial charge is 0.247 e. The van der Waals surface area contributed by atoms with Gasteiger partial charge in [-0.2, -0.15) is 4.39 Å². The molecule has 18 heavy (non-hydrogen) atoms. The number of hydrogen-bond acceptors (Lipinski definition) is 4. The van der Waals surface area contributed by atoms with Gasteiger partial charge in [0.1, 0.15) is 5.82 Å². The van der Waals surface area contributed by atoms with Crippen molar-refractivity contribution in [1.82, 2.24) is 9.97 Å². The topological polar surface area (TPSA) is 58.0 Å². The van der Waals surface area contributed by atoms with Crippen molar-refractivity contribution in [1.29, 1.82) is 0 Å². The van der Waals surface area contributed by atoms with Crippen LogP contribution in [0.15, 0.2) is 28.9 Å². The van der Waals surface area contributed by atoms with E-state index < -0.39 is 17.6 Å². The molecule has 0 radical (unpaired) electrons. The number of hydrogen-bond donors (Lipinski definition) is 2. The van der Waals surface area contributed by atoms with Gasteiger partial charge in [0.25, 0.3) is 0 Å². The van der Waals surface area contributed by atoms with E-state index in [0.717, 1.165) is 6.07 Å². The highest BCUT2D eigenvalue weighted by molar-refractivity contribution is 9.10. The van der Waals surface area contributed by atoms with Gasteiger partial charge in [0.15, 0.2) is 5.82 Å². The zero-order valence-electron chi connectivity index (χ0n) is 8.99. The van der Waals surface area contributed by atoms with Crippen molar-refractivity contribution in [3.63, 3.8) is 0 Å². The largest absolute Gasteiger partial charge is 0.491 e. The summed E-state index contributed by atoms with van der Waals surface area (Å²) in [5, 5.41) is 11.7. The minimum absolute atomic E-state index is 0.221. The molecule has 0 amide bonds. The van der Waals surface area contributed by atoms with E-state index in [-0.39, 0.29) is 11.0 Å². The summed E-state index contributed by atoms with van der Waals surface area (Å²) in [6, 6.07) is 4.24. The molecule has 0 aliphatic carbocycles. The molecule has 2 N–H and O–H groups in total. The highest BCUT2D eigenvalue weighted by atomic mass is 79.9. The molecule has 2 rings (SSSR count). The minimum atomic E-state index is -0.802. The second-order valence-electron chi connectivity index (χ2n) is 3.47. The first-order valence-corrected chi connectivity index (χ1v) is 5.75. The van der Waals surface area contributed by atoms with Gasteiger partial charge in [0.05, 0.1) is 4.47 Å². The summed E-state index contributed by atoms with van der Waals surface area (Å²) in [7, 11) is 0. The lowest BCUT2D eigenvalue weighted by Crippen LogP contribution is -2.03. The van der Waals surface area contributed by atoms with Gasteiger partial charge in [0, 0.05) is 12.7 Å². The van der Waals surface area contributed by atoms with Gasteiger partial charge in [0.2, 0.25) is 11.8 Å². The quantitative estimate of drug-likeness (QED) is 0.855. The molecule has 0 aliphatic rings. The Kier molecular flexibility index (Phi) is 3.71. The lowest BCUT2D eigenvalue weighted by atomic mass is 10.3. The molecule has 0 aromatic carbocycles. The molecular weight excluding hydrogens is 308 g/mol. The summed E-state index contributed by atoms with van der Waals surface area (Å²) in [6.45, 7) is 0.221. The Morgan fingerprint density at radius 2 is 2.11 bits per heavy atom. The summed E-state index contributed by atoms with van der Waals surface area (Å²) in [4.78, 5) is 7.10. The van der Waals surface area contributed by atoms with Crippen molar-refractivity contribution in [3.8, 4) is 5.88 Å². The molecular formula is C11H8BrF2N3O. The molecule has 0 bridgehead atoms. The molecule has 0 atom stereocenters. The van der Waals surface area contributed by atoms with Crippen LogP contribution in [-0.2, 0) is 6.54 Å². The first-order chi connectivity index (χ1) is 8.56. The predicted molar refractivity (Wildman–Crippen MR) is 65.1 cm³/mol. The maximum atomic E-state index is 13.1. The summed E-state index contributed by atoms with van der Waals surface area (Å²) < 4.78 is 26.4. The molecule has 7 heteroatoms. The zero-order valence-corrected chi connectivity index (χ0v) is 10.6. The molecule has 2 aromatic heterocycles. The molecule has 0 saturated heterocycles. The third-order valence-corrected chi connectivity index (χ3v) is 2.75. The van der Waals surface area contributed by atoms with E-state index >= 15 is 0 Å². The van der Waals surface area contributed by atoms with Crippen LogP contribution in [0.1, 0.15) is 5.56 Å². The molecule has 2 heterocycles. The first-order valence-electron chi connectivity index (χ1n) is 4.95. The van der Waals surface area contributed by atoms with E-state index in [1.165, 1.54) is 12.3 Å². The number of nitrogens with one attached hydrogen (secondary N) is 1. The lowest BCUT2D eigenvalue weighted by molar-refractivity contribution is 0.410. The van der Waals surface area contributed by atoms with Crippen molar-refractivity contribution in [3.05, 3.63) is 46.2 Å². The van der Waals surface area contributed by atoms with Crippen LogP contribution in [0, 0.1) is 11.8 Å². The van der Waals surface area contributed by atoms with Gasteiger partial charge in [-0.05, 0) is 39.7 Å². The van der Waals surface area contributed by atoms with Gasteiger partial charge in [-0.15, -0.1) is 0 Å². The summed E-state index contributed by atoms with van der Waals surface area (Å²) in [5.74, 6) is -1.75. The minimum Gasteiger partial charge on any atom is -0.491 e.